The molecule has 2 aromatic heterocycles. The van der Waals surface area contributed by atoms with Crippen molar-refractivity contribution in [2.24, 2.45) is 0 Å². The number of rotatable bonds is 6. The second-order valence-electron chi connectivity index (χ2n) is 10.5. The molecule has 13 heteroatoms. The molecule has 1 saturated heterocycles. The molecular weight excluding hydrogens is 533 g/mol. The number of likely N-dealkylation sites (N-methyl/N-ethyl adjacent to an activating group) is 1. The van der Waals surface area contributed by atoms with E-state index in [0.717, 1.165) is 53.9 Å². The van der Waals surface area contributed by atoms with E-state index in [-0.39, 0.29) is 24.6 Å². The molecule has 1 fully saturated rings. The quantitative estimate of drug-likeness (QED) is 0.561. The molecule has 0 atom stereocenters. The second-order valence-corrected chi connectivity index (χ2v) is 11.6. The van der Waals surface area contributed by atoms with Crippen LogP contribution in [0.1, 0.15) is 63.4 Å². The first-order valence-corrected chi connectivity index (χ1v) is 14.3. The molecule has 212 valence electrons. The van der Waals surface area contributed by atoms with Gasteiger partial charge in [0.05, 0.1) is 12.1 Å². The van der Waals surface area contributed by atoms with E-state index in [0.29, 0.717) is 55.0 Å². The molecule has 3 aliphatic rings. The molecule has 3 amide bonds. The number of aromatic nitrogens is 2. The van der Waals surface area contributed by atoms with Crippen LogP contribution in [-0.4, -0.2) is 77.1 Å². The van der Waals surface area contributed by atoms with Crippen LogP contribution in [0.25, 0.3) is 0 Å². The average molecular weight is 567 g/mol. The lowest BCUT2D eigenvalue weighted by atomic mass is 9.95. The van der Waals surface area contributed by atoms with E-state index in [1.165, 1.54) is 11.3 Å². The summed E-state index contributed by atoms with van der Waals surface area (Å²) in [6.07, 6.45) is 0.922. The molecule has 39 heavy (non-hydrogen) atoms. The van der Waals surface area contributed by atoms with E-state index in [2.05, 4.69) is 20.6 Å². The monoisotopic (exact) mass is 566 g/mol. The molecule has 0 bridgehead atoms. The summed E-state index contributed by atoms with van der Waals surface area (Å²) < 4.78 is 41.9. The van der Waals surface area contributed by atoms with Gasteiger partial charge >= 0.3 is 6.18 Å². The van der Waals surface area contributed by atoms with Crippen molar-refractivity contribution >= 4 is 34.1 Å². The van der Waals surface area contributed by atoms with E-state index < -0.39 is 23.7 Å². The van der Waals surface area contributed by atoms with Gasteiger partial charge in [-0.3, -0.25) is 19.1 Å². The Hall–Kier alpha value is -2.93. The highest BCUT2D eigenvalue weighted by molar-refractivity contribution is 7.17. The highest BCUT2D eigenvalue weighted by atomic mass is 32.1. The fraction of sp³-hybridized carbons (Fsp3) is 0.615. The van der Waals surface area contributed by atoms with E-state index >= 15 is 0 Å². The number of alkyl halides is 3. The highest BCUT2D eigenvalue weighted by Crippen LogP contribution is 2.39. The fourth-order valence-electron chi connectivity index (χ4n) is 5.64. The molecule has 3 heterocycles. The number of nitrogens with one attached hydrogen (secondary N) is 2. The van der Waals surface area contributed by atoms with Crippen molar-refractivity contribution in [2.75, 3.05) is 45.1 Å². The Labute approximate surface area is 228 Å². The zero-order valence-electron chi connectivity index (χ0n) is 22.0. The molecule has 0 aromatic carbocycles. The van der Waals surface area contributed by atoms with Crippen LogP contribution in [0.15, 0.2) is 0 Å². The Morgan fingerprint density at radius 1 is 0.949 bits per heavy atom. The van der Waals surface area contributed by atoms with Crippen LogP contribution < -0.4 is 10.6 Å². The molecule has 2 N–H and O–H groups in total. The van der Waals surface area contributed by atoms with Gasteiger partial charge in [0.15, 0.2) is 5.69 Å². The van der Waals surface area contributed by atoms with Gasteiger partial charge in [0, 0.05) is 42.3 Å². The van der Waals surface area contributed by atoms with Gasteiger partial charge in [-0.15, -0.1) is 11.3 Å². The largest absolute Gasteiger partial charge is 0.435 e. The maximum absolute atomic E-state index is 13.6. The van der Waals surface area contributed by atoms with Gasteiger partial charge in [-0.05, 0) is 64.0 Å². The summed E-state index contributed by atoms with van der Waals surface area (Å²) in [5.74, 6) is -1.13. The summed E-state index contributed by atoms with van der Waals surface area (Å²) in [5.41, 5.74) is 0.948. The van der Waals surface area contributed by atoms with Crippen molar-refractivity contribution in [3.63, 3.8) is 0 Å². The number of nitrogens with zero attached hydrogens (tertiary/aromatic N) is 4. The van der Waals surface area contributed by atoms with Gasteiger partial charge in [-0.2, -0.15) is 18.3 Å². The van der Waals surface area contributed by atoms with Crippen molar-refractivity contribution in [3.8, 4) is 0 Å². The molecular formula is C26H33F3N6O3S. The average Bonchev–Trinajstić information content (AvgIpc) is 3.45. The molecule has 5 rings (SSSR count). The number of hydrogen-bond donors (Lipinski definition) is 2. The maximum atomic E-state index is 13.6. The predicted molar refractivity (Wildman–Crippen MR) is 140 cm³/mol. The third-order valence-electron chi connectivity index (χ3n) is 7.73. The zero-order valence-corrected chi connectivity index (χ0v) is 22.8. The summed E-state index contributed by atoms with van der Waals surface area (Å²) in [7, 11) is 2.00. The molecule has 2 aromatic rings. The number of hydrogen-bond acceptors (Lipinski definition) is 6. The van der Waals surface area contributed by atoms with Crippen LogP contribution in [-0.2, 0) is 48.0 Å². The zero-order chi connectivity index (χ0) is 27.7. The van der Waals surface area contributed by atoms with Gasteiger partial charge in [0.25, 0.3) is 5.91 Å². The highest BCUT2D eigenvalue weighted by Gasteiger charge is 2.39. The topological polar surface area (TPSA) is 99.6 Å². The van der Waals surface area contributed by atoms with E-state index in [4.69, 9.17) is 0 Å². The Morgan fingerprint density at radius 3 is 2.33 bits per heavy atom. The number of aryl methyl sites for hydroxylation is 1. The molecule has 1 aliphatic heterocycles. The van der Waals surface area contributed by atoms with Gasteiger partial charge in [0.2, 0.25) is 11.8 Å². The van der Waals surface area contributed by atoms with E-state index in [1.54, 1.807) is 4.90 Å². The summed E-state index contributed by atoms with van der Waals surface area (Å²) in [6, 6.07) is 0. The van der Waals surface area contributed by atoms with Crippen LogP contribution in [0.2, 0.25) is 0 Å². The van der Waals surface area contributed by atoms with Crippen LogP contribution >= 0.6 is 11.3 Å². The van der Waals surface area contributed by atoms with Crippen LogP contribution in [0.4, 0.5) is 18.2 Å². The Bertz CT molecular complexity index is 1260. The van der Waals surface area contributed by atoms with Crippen LogP contribution in [0.3, 0.4) is 0 Å². The van der Waals surface area contributed by atoms with Gasteiger partial charge < -0.3 is 20.4 Å². The van der Waals surface area contributed by atoms with Gasteiger partial charge in [-0.1, -0.05) is 0 Å². The lowest BCUT2D eigenvalue weighted by molar-refractivity contribution is -0.142. The number of piperazine rings is 1. The van der Waals surface area contributed by atoms with E-state index in [1.807, 2.05) is 7.05 Å². The summed E-state index contributed by atoms with van der Waals surface area (Å²) in [5, 5.41) is 9.66. The number of carbonyl (C=O) groups is 3. The first-order chi connectivity index (χ1) is 18.6. The van der Waals surface area contributed by atoms with E-state index in [9.17, 15) is 27.6 Å². The fourth-order valence-corrected chi connectivity index (χ4v) is 6.94. The molecule has 0 unspecified atom stereocenters. The minimum atomic E-state index is -4.58. The number of carbonyl (C=O) groups excluding carboxylic acids is 3. The smallest absolute Gasteiger partial charge is 0.343 e. The van der Waals surface area contributed by atoms with Gasteiger partial charge in [0.1, 0.15) is 11.5 Å². The van der Waals surface area contributed by atoms with Crippen molar-refractivity contribution in [1.29, 1.82) is 0 Å². The van der Waals surface area contributed by atoms with Crippen molar-refractivity contribution in [2.45, 2.75) is 64.1 Å². The van der Waals surface area contributed by atoms with Crippen molar-refractivity contribution in [3.05, 3.63) is 33.0 Å². The Balaban J connectivity index is 1.31. The number of thiophene rings is 1. The third-order valence-corrected chi connectivity index (χ3v) is 8.93. The summed E-state index contributed by atoms with van der Waals surface area (Å²) in [6.45, 7) is 2.25. The Kier molecular flexibility index (Phi) is 7.99. The maximum Gasteiger partial charge on any atom is 0.435 e. The predicted octanol–water partition coefficient (Wildman–Crippen LogP) is 2.86. The molecule has 0 radical (unpaired) electrons. The normalized spacial score (nSPS) is 17.9. The number of halogens is 3. The van der Waals surface area contributed by atoms with Gasteiger partial charge in [-0.25, -0.2) is 0 Å². The summed E-state index contributed by atoms with van der Waals surface area (Å²) >= 11 is 1.33. The minimum Gasteiger partial charge on any atom is -0.343 e. The number of fused-ring (bicyclic) bond motifs is 2. The standard InChI is InChI=1S/C26H33F3N6O3S/c1-33-10-12-34(13-11-33)21(37)14-30-24(38)22-17-7-3-5-9-19(17)39-25(22)31-20(36)15-35-18-8-4-2-6-16(18)23(32-35)26(27,28)29/h2-15H2,1H3,(H,30,38)(H,31,36). The molecule has 2 aliphatic carbocycles. The first kappa shape index (κ1) is 27.6. The lowest BCUT2D eigenvalue weighted by Gasteiger charge is -2.32. The van der Waals surface area contributed by atoms with Crippen molar-refractivity contribution in [1.82, 2.24) is 24.9 Å². The molecule has 0 saturated carbocycles. The number of amides is 3. The van der Waals surface area contributed by atoms with Crippen LogP contribution in [0.5, 0.6) is 0 Å². The Morgan fingerprint density at radius 2 is 1.62 bits per heavy atom. The first-order valence-electron chi connectivity index (χ1n) is 13.5. The second kappa shape index (κ2) is 11.3. The number of anilines is 1. The summed E-state index contributed by atoms with van der Waals surface area (Å²) in [4.78, 5) is 43.9. The SMILES string of the molecule is CN1CCN(C(=O)CNC(=O)c2c(NC(=O)Cn3nc(C(F)(F)F)c4c3CCCC4)sc3c2CCCC3)CC1. The lowest BCUT2D eigenvalue weighted by Crippen LogP contribution is -2.50. The van der Waals surface area contributed by atoms with Crippen molar-refractivity contribution < 1.29 is 27.6 Å². The molecule has 0 spiro atoms. The van der Waals surface area contributed by atoms with Crippen LogP contribution in [0, 0.1) is 0 Å². The third kappa shape index (κ3) is 5.98. The minimum absolute atomic E-state index is 0.139. The molecule has 9 nitrogen and oxygen atoms in total.